The maximum Gasteiger partial charge on any atom is 0.319 e. The van der Waals surface area contributed by atoms with Gasteiger partial charge in [0.05, 0.1) is 25.2 Å². The molecule has 1 aliphatic rings. The van der Waals surface area contributed by atoms with Gasteiger partial charge in [0.25, 0.3) is 5.69 Å². The highest BCUT2D eigenvalue weighted by Gasteiger charge is 2.39. The van der Waals surface area contributed by atoms with Crippen LogP contribution in [0.1, 0.15) is 11.6 Å². The number of nitro groups is 1. The van der Waals surface area contributed by atoms with Crippen molar-refractivity contribution in [2.75, 3.05) is 19.5 Å². The number of nitrogens with zero attached hydrogens (tertiary/aromatic N) is 1. The van der Waals surface area contributed by atoms with E-state index < -0.39 is 28.8 Å². The SMILES string of the molecule is C=C1NC(=O)N[C@@H](c2ccc(OC)cc2OC)[C@H]1C(=O)Nc1cccc([N+](=O)[O-])c1. The molecule has 0 unspecified atom stereocenters. The highest BCUT2D eigenvalue weighted by molar-refractivity contribution is 5.97. The number of nitrogens with one attached hydrogen (secondary N) is 3. The van der Waals surface area contributed by atoms with Crippen LogP contribution in [-0.4, -0.2) is 31.1 Å². The Morgan fingerprint density at radius 1 is 1.20 bits per heavy atom. The van der Waals surface area contributed by atoms with Gasteiger partial charge in [0.2, 0.25) is 5.91 Å². The molecule has 0 radical (unpaired) electrons. The summed E-state index contributed by atoms with van der Waals surface area (Å²) in [5.74, 6) is -0.449. The van der Waals surface area contributed by atoms with E-state index in [1.807, 2.05) is 0 Å². The van der Waals surface area contributed by atoms with Gasteiger partial charge in [0.1, 0.15) is 17.4 Å². The fourth-order valence-corrected chi connectivity index (χ4v) is 3.24. The van der Waals surface area contributed by atoms with Crippen molar-refractivity contribution in [3.05, 3.63) is 70.4 Å². The van der Waals surface area contributed by atoms with Gasteiger partial charge in [-0.15, -0.1) is 0 Å². The summed E-state index contributed by atoms with van der Waals surface area (Å²) in [7, 11) is 2.98. The number of carbonyl (C=O) groups is 2. The highest BCUT2D eigenvalue weighted by atomic mass is 16.6. The second-order valence-corrected chi connectivity index (χ2v) is 6.48. The number of hydrogen-bond donors (Lipinski definition) is 3. The first-order valence-corrected chi connectivity index (χ1v) is 8.87. The largest absolute Gasteiger partial charge is 0.497 e. The Kier molecular flexibility index (Phi) is 5.86. The van der Waals surface area contributed by atoms with E-state index in [0.29, 0.717) is 17.1 Å². The van der Waals surface area contributed by atoms with Gasteiger partial charge in [0, 0.05) is 35.1 Å². The summed E-state index contributed by atoms with van der Waals surface area (Å²) in [5.41, 5.74) is 0.826. The van der Waals surface area contributed by atoms with E-state index >= 15 is 0 Å². The normalized spacial score (nSPS) is 18.1. The van der Waals surface area contributed by atoms with Crippen LogP contribution in [0.15, 0.2) is 54.7 Å². The molecule has 10 heteroatoms. The Bertz CT molecular complexity index is 1020. The van der Waals surface area contributed by atoms with Crippen molar-refractivity contribution in [3.63, 3.8) is 0 Å². The van der Waals surface area contributed by atoms with Gasteiger partial charge in [-0.2, -0.15) is 0 Å². The molecule has 30 heavy (non-hydrogen) atoms. The Morgan fingerprint density at radius 2 is 1.97 bits per heavy atom. The van der Waals surface area contributed by atoms with Gasteiger partial charge in [-0.25, -0.2) is 4.79 Å². The Morgan fingerprint density at radius 3 is 2.63 bits per heavy atom. The molecule has 0 aromatic heterocycles. The maximum atomic E-state index is 13.1. The zero-order chi connectivity index (χ0) is 21.8. The summed E-state index contributed by atoms with van der Waals surface area (Å²) in [6.07, 6.45) is 0. The summed E-state index contributed by atoms with van der Waals surface area (Å²) in [5, 5.41) is 18.9. The molecule has 2 atom stereocenters. The number of rotatable bonds is 6. The molecule has 1 fully saturated rings. The average Bonchev–Trinajstić information content (AvgIpc) is 2.72. The van der Waals surface area contributed by atoms with Gasteiger partial charge in [-0.05, 0) is 18.2 Å². The molecule has 0 spiro atoms. The van der Waals surface area contributed by atoms with Crippen LogP contribution in [0.4, 0.5) is 16.2 Å². The molecular formula is C20H20N4O6. The van der Waals surface area contributed by atoms with Crippen LogP contribution in [0.3, 0.4) is 0 Å². The first kappa shape index (κ1) is 20.6. The number of hydrogen-bond acceptors (Lipinski definition) is 6. The van der Waals surface area contributed by atoms with Crippen molar-refractivity contribution < 1.29 is 24.0 Å². The fourth-order valence-electron chi connectivity index (χ4n) is 3.24. The van der Waals surface area contributed by atoms with Crippen molar-refractivity contribution in [1.82, 2.24) is 10.6 Å². The Hall–Kier alpha value is -4.08. The lowest BCUT2D eigenvalue weighted by molar-refractivity contribution is -0.384. The number of carbonyl (C=O) groups excluding carboxylic acids is 2. The lowest BCUT2D eigenvalue weighted by Crippen LogP contribution is -2.51. The third-order valence-electron chi connectivity index (χ3n) is 4.65. The van der Waals surface area contributed by atoms with Gasteiger partial charge in [-0.3, -0.25) is 14.9 Å². The standard InChI is InChI=1S/C20H20N4O6/c1-11-17(19(25)22-12-5-4-6-13(9-12)24(27)28)18(23-20(26)21-11)15-8-7-14(29-2)10-16(15)30-3/h4-10,17-18H,1H2,2-3H3,(H,22,25)(H2,21,23,26)/t17-,18-/m0/s1. The summed E-state index contributed by atoms with van der Waals surface area (Å²) in [4.78, 5) is 35.6. The van der Waals surface area contributed by atoms with Crippen LogP contribution in [0, 0.1) is 16.0 Å². The molecule has 1 saturated heterocycles. The molecule has 2 aromatic rings. The van der Waals surface area contributed by atoms with E-state index in [2.05, 4.69) is 22.5 Å². The number of anilines is 1. The zero-order valence-electron chi connectivity index (χ0n) is 16.3. The van der Waals surface area contributed by atoms with Crippen LogP contribution in [-0.2, 0) is 4.79 Å². The number of non-ortho nitro benzene ring substituents is 1. The third-order valence-corrected chi connectivity index (χ3v) is 4.65. The molecule has 1 heterocycles. The van der Waals surface area contributed by atoms with Crippen molar-refractivity contribution >= 4 is 23.3 Å². The van der Waals surface area contributed by atoms with Crippen molar-refractivity contribution in [1.29, 1.82) is 0 Å². The van der Waals surface area contributed by atoms with E-state index in [4.69, 9.17) is 9.47 Å². The number of methoxy groups -OCH3 is 2. The number of ether oxygens (including phenoxy) is 2. The van der Waals surface area contributed by atoms with Crippen LogP contribution >= 0.6 is 0 Å². The highest BCUT2D eigenvalue weighted by Crippen LogP contribution is 2.37. The van der Waals surface area contributed by atoms with Crippen molar-refractivity contribution in [2.24, 2.45) is 5.92 Å². The second kappa shape index (κ2) is 8.52. The van der Waals surface area contributed by atoms with Crippen LogP contribution in [0.2, 0.25) is 0 Å². The number of nitro benzene ring substituents is 1. The van der Waals surface area contributed by atoms with E-state index in [0.717, 1.165) is 0 Å². The van der Waals surface area contributed by atoms with Crippen LogP contribution in [0.5, 0.6) is 11.5 Å². The predicted molar refractivity (Wildman–Crippen MR) is 108 cm³/mol. The second-order valence-electron chi connectivity index (χ2n) is 6.48. The first-order chi connectivity index (χ1) is 14.3. The molecule has 3 rings (SSSR count). The monoisotopic (exact) mass is 412 g/mol. The first-order valence-electron chi connectivity index (χ1n) is 8.87. The third kappa shape index (κ3) is 4.17. The minimum Gasteiger partial charge on any atom is -0.497 e. The number of amides is 3. The molecule has 0 aliphatic carbocycles. The predicted octanol–water partition coefficient (Wildman–Crippen LogP) is 2.73. The Balaban J connectivity index is 1.95. The van der Waals surface area contributed by atoms with E-state index in [1.165, 1.54) is 38.5 Å². The summed E-state index contributed by atoms with van der Waals surface area (Å²) in [6, 6.07) is 9.29. The maximum absolute atomic E-state index is 13.1. The van der Waals surface area contributed by atoms with E-state index in [9.17, 15) is 19.7 Å². The minimum atomic E-state index is -0.913. The zero-order valence-corrected chi connectivity index (χ0v) is 16.3. The summed E-state index contributed by atoms with van der Waals surface area (Å²) in [6.45, 7) is 3.81. The van der Waals surface area contributed by atoms with Crippen molar-refractivity contribution in [2.45, 2.75) is 6.04 Å². The van der Waals surface area contributed by atoms with Crippen molar-refractivity contribution in [3.8, 4) is 11.5 Å². The summed E-state index contributed by atoms with van der Waals surface area (Å²) >= 11 is 0. The molecule has 1 aliphatic heterocycles. The molecule has 2 aromatic carbocycles. The van der Waals surface area contributed by atoms with Gasteiger partial charge in [-0.1, -0.05) is 12.6 Å². The molecular weight excluding hydrogens is 392 g/mol. The quantitative estimate of drug-likeness (QED) is 0.494. The van der Waals surface area contributed by atoms with E-state index in [1.54, 1.807) is 18.2 Å². The molecule has 10 nitrogen and oxygen atoms in total. The topological polar surface area (TPSA) is 132 Å². The fraction of sp³-hybridized carbons (Fsp3) is 0.200. The number of urea groups is 1. The van der Waals surface area contributed by atoms with Crippen LogP contribution < -0.4 is 25.4 Å². The number of benzene rings is 2. The van der Waals surface area contributed by atoms with Gasteiger partial charge in [0.15, 0.2) is 0 Å². The molecule has 156 valence electrons. The minimum absolute atomic E-state index is 0.157. The van der Waals surface area contributed by atoms with E-state index in [-0.39, 0.29) is 17.1 Å². The lowest BCUT2D eigenvalue weighted by Gasteiger charge is -2.34. The summed E-state index contributed by atoms with van der Waals surface area (Å²) < 4.78 is 10.6. The van der Waals surface area contributed by atoms with Gasteiger partial charge >= 0.3 is 6.03 Å². The lowest BCUT2D eigenvalue weighted by atomic mass is 9.87. The molecule has 0 bridgehead atoms. The smallest absolute Gasteiger partial charge is 0.319 e. The average molecular weight is 412 g/mol. The van der Waals surface area contributed by atoms with Gasteiger partial charge < -0.3 is 25.4 Å². The molecule has 0 saturated carbocycles. The Labute approximate surface area is 172 Å². The molecule has 3 amide bonds. The molecule has 3 N–H and O–H groups in total. The van der Waals surface area contributed by atoms with Crippen LogP contribution in [0.25, 0.3) is 0 Å².